The fourth-order valence-corrected chi connectivity index (χ4v) is 2.16. The molecule has 1 N–H and O–H groups in total. The van der Waals surface area contributed by atoms with Crippen LogP contribution < -0.4 is 5.32 Å². The number of allylic oxidation sites excluding steroid dienone is 3. The quantitative estimate of drug-likeness (QED) is 0.381. The Kier molecular flexibility index (Phi) is 8.03. The summed E-state index contributed by atoms with van der Waals surface area (Å²) in [6.07, 6.45) is 5.62. The SMILES string of the molecule is C=N/C(=C\C=C(/C)OCC(=O)C(C)C)OC1CC(NC(C)C)C1. The number of Topliss-reactive ketones (excluding diaryl/α,β-unsaturated/α-hetero) is 1. The molecule has 0 spiro atoms. The van der Waals surface area contributed by atoms with Crippen LogP contribution in [0.4, 0.5) is 0 Å². The molecule has 1 fully saturated rings. The van der Waals surface area contributed by atoms with Crippen LogP contribution in [-0.2, 0) is 14.3 Å². The van der Waals surface area contributed by atoms with Crippen molar-refractivity contribution in [2.75, 3.05) is 6.61 Å². The second kappa shape index (κ2) is 9.50. The molecule has 0 aliphatic heterocycles. The summed E-state index contributed by atoms with van der Waals surface area (Å²) < 4.78 is 11.2. The van der Waals surface area contributed by atoms with Gasteiger partial charge >= 0.3 is 0 Å². The number of hydrogen-bond donors (Lipinski definition) is 1. The lowest BCUT2D eigenvalue weighted by Crippen LogP contribution is -2.47. The number of rotatable bonds is 10. The second-order valence-electron chi connectivity index (χ2n) is 6.58. The Hall–Kier alpha value is -1.62. The van der Waals surface area contributed by atoms with Gasteiger partial charge in [-0.3, -0.25) is 4.79 Å². The normalized spacial score (nSPS) is 22.0. The molecule has 0 aromatic rings. The summed E-state index contributed by atoms with van der Waals surface area (Å²) in [5, 5.41) is 3.48. The van der Waals surface area contributed by atoms with E-state index < -0.39 is 0 Å². The number of nitrogens with one attached hydrogen (secondary N) is 1. The van der Waals surface area contributed by atoms with Crippen LogP contribution in [0.15, 0.2) is 28.8 Å². The molecule has 0 heterocycles. The third-order valence-corrected chi connectivity index (χ3v) is 3.65. The van der Waals surface area contributed by atoms with Gasteiger partial charge in [0.05, 0.1) is 5.76 Å². The molecule has 0 saturated heterocycles. The largest absolute Gasteiger partial charge is 0.490 e. The van der Waals surface area contributed by atoms with Gasteiger partial charge in [-0.05, 0) is 32.6 Å². The van der Waals surface area contributed by atoms with Crippen molar-refractivity contribution >= 4 is 12.5 Å². The predicted octanol–water partition coefficient (Wildman–Crippen LogP) is 3.22. The maximum Gasteiger partial charge on any atom is 0.212 e. The average Bonchev–Trinajstić information content (AvgIpc) is 2.45. The fraction of sp³-hybridized carbons (Fsp3) is 0.667. The molecule has 1 aliphatic carbocycles. The first-order valence-corrected chi connectivity index (χ1v) is 8.25. The van der Waals surface area contributed by atoms with Gasteiger partial charge in [0.15, 0.2) is 5.78 Å². The number of nitrogens with zero attached hydrogens (tertiary/aromatic N) is 1. The molecule has 5 nitrogen and oxygen atoms in total. The minimum Gasteiger partial charge on any atom is -0.490 e. The van der Waals surface area contributed by atoms with Crippen LogP contribution >= 0.6 is 0 Å². The van der Waals surface area contributed by atoms with Gasteiger partial charge in [0.1, 0.15) is 12.7 Å². The summed E-state index contributed by atoms with van der Waals surface area (Å²) in [7, 11) is 0. The summed E-state index contributed by atoms with van der Waals surface area (Å²) >= 11 is 0. The standard InChI is InChI=1S/C18H30N2O3/c1-12(2)17(21)11-22-14(5)7-8-18(19-6)23-16-9-15(10-16)20-13(3)4/h7-8,12-13,15-16,20H,6,9-11H2,1-5H3/b14-7+,18-8+. The van der Waals surface area contributed by atoms with Crippen molar-refractivity contribution in [3.63, 3.8) is 0 Å². The van der Waals surface area contributed by atoms with Crippen molar-refractivity contribution in [2.24, 2.45) is 10.9 Å². The topological polar surface area (TPSA) is 59.9 Å². The van der Waals surface area contributed by atoms with E-state index in [-0.39, 0.29) is 24.4 Å². The molecule has 0 unspecified atom stereocenters. The van der Waals surface area contributed by atoms with E-state index in [0.29, 0.717) is 23.7 Å². The third kappa shape index (κ3) is 7.46. The fourth-order valence-electron chi connectivity index (χ4n) is 2.16. The lowest BCUT2D eigenvalue weighted by Gasteiger charge is -2.37. The zero-order chi connectivity index (χ0) is 17.4. The van der Waals surface area contributed by atoms with Crippen LogP contribution in [0.1, 0.15) is 47.5 Å². The Labute approximate surface area is 139 Å². The van der Waals surface area contributed by atoms with Gasteiger partial charge in [0.2, 0.25) is 5.88 Å². The van der Waals surface area contributed by atoms with Gasteiger partial charge in [0.25, 0.3) is 0 Å². The maximum absolute atomic E-state index is 11.5. The van der Waals surface area contributed by atoms with Crippen molar-refractivity contribution in [2.45, 2.75) is 65.6 Å². The summed E-state index contributed by atoms with van der Waals surface area (Å²) in [6.45, 7) is 13.4. The summed E-state index contributed by atoms with van der Waals surface area (Å²) in [5.74, 6) is 1.20. The smallest absolute Gasteiger partial charge is 0.212 e. The number of carbonyl (C=O) groups is 1. The van der Waals surface area contributed by atoms with Crippen LogP contribution in [0.5, 0.6) is 0 Å². The molecule has 0 amide bonds. The maximum atomic E-state index is 11.5. The zero-order valence-electron chi connectivity index (χ0n) is 15.0. The first kappa shape index (κ1) is 19.4. The van der Waals surface area contributed by atoms with Crippen LogP contribution in [0.2, 0.25) is 0 Å². The first-order chi connectivity index (χ1) is 10.8. The van der Waals surface area contributed by atoms with E-state index in [2.05, 4.69) is 30.9 Å². The lowest BCUT2D eigenvalue weighted by molar-refractivity contribution is -0.125. The van der Waals surface area contributed by atoms with Crippen LogP contribution in [0.3, 0.4) is 0 Å². The average molecular weight is 322 g/mol. The Balaban J connectivity index is 2.39. The highest BCUT2D eigenvalue weighted by Gasteiger charge is 2.31. The highest BCUT2D eigenvalue weighted by atomic mass is 16.5. The molecule has 1 rings (SSSR count). The van der Waals surface area contributed by atoms with Gasteiger partial charge in [-0.1, -0.05) is 27.7 Å². The Morgan fingerprint density at radius 3 is 2.48 bits per heavy atom. The molecule has 0 bridgehead atoms. The monoisotopic (exact) mass is 322 g/mol. The molecule has 23 heavy (non-hydrogen) atoms. The molecule has 130 valence electrons. The van der Waals surface area contributed by atoms with Crippen LogP contribution in [0, 0.1) is 5.92 Å². The molecule has 1 saturated carbocycles. The minimum atomic E-state index is -0.0157. The van der Waals surface area contributed by atoms with E-state index in [0.717, 1.165) is 12.8 Å². The van der Waals surface area contributed by atoms with Gasteiger partial charge < -0.3 is 14.8 Å². The first-order valence-electron chi connectivity index (χ1n) is 8.25. The highest BCUT2D eigenvalue weighted by Crippen LogP contribution is 2.26. The van der Waals surface area contributed by atoms with E-state index in [4.69, 9.17) is 9.47 Å². The summed E-state index contributed by atoms with van der Waals surface area (Å²) in [6, 6.07) is 1.01. The zero-order valence-corrected chi connectivity index (χ0v) is 15.0. The van der Waals surface area contributed by atoms with E-state index in [9.17, 15) is 4.79 Å². The van der Waals surface area contributed by atoms with Crippen molar-refractivity contribution in [3.8, 4) is 0 Å². The molecule has 0 aromatic carbocycles. The second-order valence-corrected chi connectivity index (χ2v) is 6.58. The van der Waals surface area contributed by atoms with Gasteiger partial charge in [-0.2, -0.15) is 0 Å². The molecular formula is C18H30N2O3. The minimum absolute atomic E-state index is 0.0157. The van der Waals surface area contributed by atoms with Gasteiger partial charge in [0, 0.05) is 24.1 Å². The Morgan fingerprint density at radius 1 is 1.30 bits per heavy atom. The van der Waals surface area contributed by atoms with E-state index >= 15 is 0 Å². The number of ether oxygens (including phenoxy) is 2. The van der Waals surface area contributed by atoms with E-state index in [1.165, 1.54) is 0 Å². The molecule has 1 aliphatic rings. The number of hydrogen-bond acceptors (Lipinski definition) is 5. The molecular weight excluding hydrogens is 292 g/mol. The van der Waals surface area contributed by atoms with Crippen molar-refractivity contribution < 1.29 is 14.3 Å². The number of carbonyl (C=O) groups excluding carboxylic acids is 1. The molecule has 0 atom stereocenters. The van der Waals surface area contributed by atoms with Crippen LogP contribution in [0.25, 0.3) is 0 Å². The third-order valence-electron chi connectivity index (χ3n) is 3.65. The van der Waals surface area contributed by atoms with E-state index in [1.54, 1.807) is 19.1 Å². The van der Waals surface area contributed by atoms with E-state index in [1.807, 2.05) is 13.8 Å². The van der Waals surface area contributed by atoms with Crippen molar-refractivity contribution in [1.82, 2.24) is 5.32 Å². The molecule has 0 aromatic heterocycles. The number of aliphatic imine (C=N–C) groups is 1. The molecule has 5 heteroatoms. The summed E-state index contributed by atoms with van der Waals surface area (Å²) in [5.41, 5.74) is 0. The molecule has 0 radical (unpaired) electrons. The lowest BCUT2D eigenvalue weighted by atomic mass is 9.89. The Morgan fingerprint density at radius 2 is 1.96 bits per heavy atom. The summed E-state index contributed by atoms with van der Waals surface area (Å²) in [4.78, 5) is 15.4. The van der Waals surface area contributed by atoms with Crippen LogP contribution in [-0.4, -0.2) is 37.3 Å². The highest BCUT2D eigenvalue weighted by molar-refractivity contribution is 5.81. The van der Waals surface area contributed by atoms with Gasteiger partial charge in [-0.25, -0.2) is 4.99 Å². The van der Waals surface area contributed by atoms with Gasteiger partial charge in [-0.15, -0.1) is 0 Å². The Bertz CT molecular complexity index is 461. The van der Waals surface area contributed by atoms with Crippen molar-refractivity contribution in [3.05, 3.63) is 23.8 Å². The van der Waals surface area contributed by atoms with Crippen molar-refractivity contribution in [1.29, 1.82) is 0 Å². The predicted molar refractivity (Wildman–Crippen MR) is 93.4 cm³/mol. The number of ketones is 1.